The van der Waals surface area contributed by atoms with E-state index in [-0.39, 0.29) is 5.91 Å². The van der Waals surface area contributed by atoms with Gasteiger partial charge in [-0.3, -0.25) is 4.79 Å². The third-order valence-electron chi connectivity index (χ3n) is 3.61. The number of nitrogens with one attached hydrogen (secondary N) is 1. The predicted octanol–water partition coefficient (Wildman–Crippen LogP) is 2.09. The van der Waals surface area contributed by atoms with E-state index < -0.39 is 0 Å². The molecule has 0 atom stereocenters. The van der Waals surface area contributed by atoms with Gasteiger partial charge in [0, 0.05) is 18.4 Å². The SMILES string of the molecule is CN(C)CCc1ccc(NC(=O)c2ncnn3cccc23)cc1. The van der Waals surface area contributed by atoms with E-state index in [1.54, 1.807) is 10.7 Å². The van der Waals surface area contributed by atoms with Crippen molar-refractivity contribution in [1.82, 2.24) is 19.5 Å². The molecule has 0 fully saturated rings. The Bertz CT molecular complexity index is 807. The van der Waals surface area contributed by atoms with E-state index >= 15 is 0 Å². The Hall–Kier alpha value is -2.73. The zero-order valence-corrected chi connectivity index (χ0v) is 13.2. The topological polar surface area (TPSA) is 62.5 Å². The van der Waals surface area contributed by atoms with Crippen LogP contribution in [0.25, 0.3) is 5.52 Å². The summed E-state index contributed by atoms with van der Waals surface area (Å²) < 4.78 is 1.63. The average Bonchev–Trinajstić information content (AvgIpc) is 3.02. The van der Waals surface area contributed by atoms with Crippen LogP contribution in [0.5, 0.6) is 0 Å². The van der Waals surface area contributed by atoms with E-state index in [0.717, 1.165) is 18.7 Å². The molecule has 0 saturated carbocycles. The summed E-state index contributed by atoms with van der Waals surface area (Å²) in [6.45, 7) is 0.999. The fourth-order valence-corrected chi connectivity index (χ4v) is 2.34. The van der Waals surface area contributed by atoms with Gasteiger partial charge in [0.1, 0.15) is 6.33 Å². The summed E-state index contributed by atoms with van der Waals surface area (Å²) >= 11 is 0. The molecule has 0 radical (unpaired) electrons. The molecule has 0 spiro atoms. The van der Waals surface area contributed by atoms with Crippen LogP contribution in [0.1, 0.15) is 16.1 Å². The van der Waals surface area contributed by atoms with Crippen molar-refractivity contribution in [2.75, 3.05) is 26.0 Å². The van der Waals surface area contributed by atoms with Gasteiger partial charge in [-0.1, -0.05) is 12.1 Å². The first-order valence-electron chi connectivity index (χ1n) is 7.47. The lowest BCUT2D eigenvalue weighted by molar-refractivity contribution is 0.102. The van der Waals surface area contributed by atoms with Gasteiger partial charge in [0.05, 0.1) is 5.52 Å². The summed E-state index contributed by atoms with van der Waals surface area (Å²) in [4.78, 5) is 18.6. The first-order chi connectivity index (χ1) is 11.1. The minimum absolute atomic E-state index is 0.239. The van der Waals surface area contributed by atoms with Crippen LogP contribution in [0.2, 0.25) is 0 Å². The maximum atomic E-state index is 12.4. The summed E-state index contributed by atoms with van der Waals surface area (Å²) in [6, 6.07) is 11.6. The first kappa shape index (κ1) is 15.2. The van der Waals surface area contributed by atoms with Crippen molar-refractivity contribution >= 4 is 17.1 Å². The van der Waals surface area contributed by atoms with Gasteiger partial charge in [0.2, 0.25) is 0 Å². The molecule has 0 aliphatic carbocycles. The number of benzene rings is 1. The van der Waals surface area contributed by atoms with Crippen LogP contribution >= 0.6 is 0 Å². The molecule has 3 aromatic rings. The van der Waals surface area contributed by atoms with E-state index in [4.69, 9.17) is 0 Å². The zero-order chi connectivity index (χ0) is 16.2. The predicted molar refractivity (Wildman–Crippen MR) is 89.6 cm³/mol. The van der Waals surface area contributed by atoms with Gasteiger partial charge >= 0.3 is 0 Å². The highest BCUT2D eigenvalue weighted by Crippen LogP contribution is 2.13. The molecule has 1 amide bonds. The van der Waals surface area contributed by atoms with Crippen LogP contribution < -0.4 is 5.32 Å². The Kier molecular flexibility index (Phi) is 4.34. The van der Waals surface area contributed by atoms with Crippen molar-refractivity contribution in [1.29, 1.82) is 0 Å². The van der Waals surface area contributed by atoms with Crippen LogP contribution in [-0.4, -0.2) is 46.0 Å². The third kappa shape index (κ3) is 3.54. The summed E-state index contributed by atoms with van der Waals surface area (Å²) in [5.74, 6) is -0.239. The van der Waals surface area contributed by atoms with Crippen molar-refractivity contribution in [2.24, 2.45) is 0 Å². The van der Waals surface area contributed by atoms with Gasteiger partial charge in [-0.15, -0.1) is 0 Å². The molecule has 6 nitrogen and oxygen atoms in total. The molecule has 0 aliphatic rings. The summed E-state index contributed by atoms with van der Waals surface area (Å²) in [7, 11) is 4.11. The number of amides is 1. The Morgan fingerprint density at radius 3 is 2.74 bits per heavy atom. The third-order valence-corrected chi connectivity index (χ3v) is 3.61. The number of likely N-dealkylation sites (N-methyl/N-ethyl adjacent to an activating group) is 1. The van der Waals surface area contributed by atoms with Crippen LogP contribution in [0, 0.1) is 0 Å². The molecule has 1 N–H and O–H groups in total. The van der Waals surface area contributed by atoms with Crippen LogP contribution in [-0.2, 0) is 6.42 Å². The highest BCUT2D eigenvalue weighted by atomic mass is 16.1. The standard InChI is InChI=1S/C17H19N5O/c1-21(2)11-9-13-5-7-14(8-6-13)20-17(23)16-15-4-3-10-22(15)19-12-18-16/h3-8,10,12H,9,11H2,1-2H3,(H,20,23). The molecule has 118 valence electrons. The smallest absolute Gasteiger partial charge is 0.276 e. The summed E-state index contributed by atoms with van der Waals surface area (Å²) in [5, 5.41) is 6.94. The summed E-state index contributed by atoms with van der Waals surface area (Å²) in [6.07, 6.45) is 4.15. The first-order valence-corrected chi connectivity index (χ1v) is 7.47. The maximum absolute atomic E-state index is 12.4. The molecule has 23 heavy (non-hydrogen) atoms. The molecule has 1 aromatic carbocycles. The lowest BCUT2D eigenvalue weighted by Gasteiger charge is -2.10. The highest BCUT2D eigenvalue weighted by Gasteiger charge is 2.12. The van der Waals surface area contributed by atoms with Crippen molar-refractivity contribution in [3.05, 3.63) is 60.2 Å². The number of aromatic nitrogens is 3. The van der Waals surface area contributed by atoms with Gasteiger partial charge in [-0.2, -0.15) is 5.10 Å². The van der Waals surface area contributed by atoms with Crippen molar-refractivity contribution in [2.45, 2.75) is 6.42 Å². The van der Waals surface area contributed by atoms with E-state index in [2.05, 4.69) is 34.4 Å². The molecular formula is C17H19N5O. The molecular weight excluding hydrogens is 290 g/mol. The quantitative estimate of drug-likeness (QED) is 0.784. The number of carbonyl (C=O) groups is 1. The maximum Gasteiger partial charge on any atom is 0.276 e. The Balaban J connectivity index is 1.71. The second kappa shape index (κ2) is 6.58. The van der Waals surface area contributed by atoms with E-state index in [9.17, 15) is 4.79 Å². The number of rotatable bonds is 5. The largest absolute Gasteiger partial charge is 0.321 e. The van der Waals surface area contributed by atoms with E-state index in [0.29, 0.717) is 11.2 Å². The van der Waals surface area contributed by atoms with Gasteiger partial charge in [0.15, 0.2) is 5.69 Å². The normalized spacial score (nSPS) is 11.1. The van der Waals surface area contributed by atoms with Gasteiger partial charge < -0.3 is 10.2 Å². The number of fused-ring (bicyclic) bond motifs is 1. The Morgan fingerprint density at radius 1 is 1.22 bits per heavy atom. The molecule has 3 rings (SSSR count). The number of nitrogens with zero attached hydrogens (tertiary/aromatic N) is 4. The van der Waals surface area contributed by atoms with Crippen LogP contribution in [0.3, 0.4) is 0 Å². The molecule has 0 saturated heterocycles. The van der Waals surface area contributed by atoms with Crippen molar-refractivity contribution < 1.29 is 4.79 Å². The second-order valence-electron chi connectivity index (χ2n) is 5.65. The number of hydrogen-bond donors (Lipinski definition) is 1. The van der Waals surface area contributed by atoms with Crippen LogP contribution in [0.4, 0.5) is 5.69 Å². The number of carbonyl (C=O) groups excluding carboxylic acids is 1. The van der Waals surface area contributed by atoms with Gasteiger partial charge in [-0.05, 0) is 50.3 Å². The molecule has 0 aliphatic heterocycles. The van der Waals surface area contributed by atoms with E-state index in [1.165, 1.54) is 11.9 Å². The Morgan fingerprint density at radius 2 is 2.00 bits per heavy atom. The highest BCUT2D eigenvalue weighted by molar-refractivity contribution is 6.07. The lowest BCUT2D eigenvalue weighted by Crippen LogP contribution is -2.16. The van der Waals surface area contributed by atoms with Crippen molar-refractivity contribution in [3.63, 3.8) is 0 Å². The summed E-state index contributed by atoms with van der Waals surface area (Å²) in [5.41, 5.74) is 3.05. The minimum atomic E-state index is -0.239. The zero-order valence-electron chi connectivity index (χ0n) is 13.2. The average molecular weight is 309 g/mol. The van der Waals surface area contributed by atoms with Crippen molar-refractivity contribution in [3.8, 4) is 0 Å². The number of hydrogen-bond acceptors (Lipinski definition) is 4. The fourth-order valence-electron chi connectivity index (χ4n) is 2.34. The number of anilines is 1. The van der Waals surface area contributed by atoms with Crippen LogP contribution in [0.15, 0.2) is 48.9 Å². The molecule has 0 unspecified atom stereocenters. The monoisotopic (exact) mass is 309 g/mol. The second-order valence-corrected chi connectivity index (χ2v) is 5.65. The van der Waals surface area contributed by atoms with E-state index in [1.807, 2.05) is 36.4 Å². The van der Waals surface area contributed by atoms with Gasteiger partial charge in [0.25, 0.3) is 5.91 Å². The molecule has 6 heteroatoms. The Labute approximate surface area is 134 Å². The lowest BCUT2D eigenvalue weighted by atomic mass is 10.1. The molecule has 2 heterocycles. The molecule has 0 bridgehead atoms. The fraction of sp³-hybridized carbons (Fsp3) is 0.235. The van der Waals surface area contributed by atoms with Gasteiger partial charge in [-0.25, -0.2) is 9.50 Å². The minimum Gasteiger partial charge on any atom is -0.321 e. The molecule has 2 aromatic heterocycles.